The van der Waals surface area contributed by atoms with Crippen molar-refractivity contribution >= 4 is 46.5 Å². The van der Waals surface area contributed by atoms with E-state index < -0.39 is 72.6 Å². The highest BCUT2D eigenvalue weighted by atomic mass is 16.4. The van der Waals surface area contributed by atoms with Crippen molar-refractivity contribution in [2.75, 3.05) is 0 Å². The number of hydrogen-bond acceptors (Lipinski definition) is 7. The molecule has 0 radical (unpaired) electrons. The summed E-state index contributed by atoms with van der Waals surface area (Å²) >= 11 is 0. The van der Waals surface area contributed by atoms with Gasteiger partial charge in [0.2, 0.25) is 23.6 Å². The highest BCUT2D eigenvalue weighted by Crippen LogP contribution is 2.19. The molecule has 0 saturated carbocycles. The number of carboxylic acid groups (broad SMARTS) is 2. The van der Waals surface area contributed by atoms with Gasteiger partial charge in [0.15, 0.2) is 0 Å². The molecule has 14 heteroatoms. The largest absolute Gasteiger partial charge is 0.481 e. The van der Waals surface area contributed by atoms with Crippen LogP contribution in [0.3, 0.4) is 0 Å². The lowest BCUT2D eigenvalue weighted by Gasteiger charge is -2.25. The third kappa shape index (κ3) is 8.89. The molecule has 1 aromatic heterocycles. The Bertz CT molecular complexity index is 1460. The van der Waals surface area contributed by atoms with Crippen molar-refractivity contribution in [1.82, 2.24) is 20.9 Å². The molecule has 222 valence electrons. The summed E-state index contributed by atoms with van der Waals surface area (Å²) in [5.74, 6) is -6.36. The Labute approximate surface area is 239 Å². The Hall–Kier alpha value is -5.24. The molecule has 0 bridgehead atoms. The highest BCUT2D eigenvalue weighted by molar-refractivity contribution is 5.96. The fourth-order valence-corrected chi connectivity index (χ4v) is 4.29. The molecule has 4 unspecified atom stereocenters. The summed E-state index contributed by atoms with van der Waals surface area (Å²) in [6, 6.07) is 10.1. The maximum Gasteiger partial charge on any atom is 0.326 e. The van der Waals surface area contributed by atoms with E-state index in [0.717, 1.165) is 10.9 Å². The van der Waals surface area contributed by atoms with Gasteiger partial charge >= 0.3 is 11.9 Å². The number of carbonyl (C=O) groups is 6. The molecule has 0 spiro atoms. The molecule has 3 aromatic rings. The van der Waals surface area contributed by atoms with Crippen LogP contribution in [0.4, 0.5) is 0 Å². The number of carboxylic acids is 2. The third-order valence-corrected chi connectivity index (χ3v) is 6.40. The van der Waals surface area contributed by atoms with Gasteiger partial charge in [0, 0.05) is 29.9 Å². The summed E-state index contributed by atoms with van der Waals surface area (Å²) in [7, 11) is 0. The topological polar surface area (TPSA) is 247 Å². The Balaban J connectivity index is 1.90. The molecule has 14 nitrogen and oxygen atoms in total. The van der Waals surface area contributed by atoms with Crippen LogP contribution in [-0.2, 0) is 41.6 Å². The minimum atomic E-state index is -1.64. The number of amides is 4. The minimum absolute atomic E-state index is 0.0551. The fourth-order valence-electron chi connectivity index (χ4n) is 4.29. The monoisotopic (exact) mass is 580 g/mol. The maximum atomic E-state index is 13.6. The minimum Gasteiger partial charge on any atom is -0.481 e. The van der Waals surface area contributed by atoms with Gasteiger partial charge in [0.1, 0.15) is 18.1 Å². The lowest BCUT2D eigenvalue weighted by molar-refractivity contribution is -0.143. The van der Waals surface area contributed by atoms with E-state index in [1.54, 1.807) is 42.6 Å². The summed E-state index contributed by atoms with van der Waals surface area (Å²) in [6.45, 7) is 0. The smallest absolute Gasteiger partial charge is 0.326 e. The zero-order valence-corrected chi connectivity index (χ0v) is 22.4. The molecule has 0 aliphatic carbocycles. The fraction of sp³-hybridized carbons (Fsp3) is 0.286. The number of primary amides is 1. The van der Waals surface area contributed by atoms with Gasteiger partial charge in [0.05, 0.1) is 18.9 Å². The number of nitrogens with one attached hydrogen (secondary N) is 4. The quantitative estimate of drug-likeness (QED) is 0.112. The molecule has 0 saturated heterocycles. The second kappa shape index (κ2) is 14.4. The van der Waals surface area contributed by atoms with E-state index in [2.05, 4.69) is 20.9 Å². The van der Waals surface area contributed by atoms with Crippen LogP contribution < -0.4 is 27.4 Å². The SMILES string of the molecule is NC(=O)CC(NC(=O)C(Cc1ccccc1)NC(=O)C(Cc1c[nH]c2ccccc12)NC(=O)C(N)CC(=O)O)C(=O)O. The summed E-state index contributed by atoms with van der Waals surface area (Å²) in [5, 5.41) is 26.5. The molecule has 0 fully saturated rings. The van der Waals surface area contributed by atoms with Crippen LogP contribution in [-0.4, -0.2) is 74.9 Å². The Morgan fingerprint density at radius 1 is 0.738 bits per heavy atom. The Kier molecular flexibility index (Phi) is 10.7. The normalized spacial score (nSPS) is 13.7. The first-order chi connectivity index (χ1) is 19.9. The summed E-state index contributed by atoms with van der Waals surface area (Å²) in [5.41, 5.74) is 12.9. The van der Waals surface area contributed by atoms with Crippen molar-refractivity contribution in [2.45, 2.75) is 49.9 Å². The Morgan fingerprint density at radius 3 is 1.93 bits per heavy atom. The van der Waals surface area contributed by atoms with Crippen molar-refractivity contribution in [3.8, 4) is 0 Å². The molecule has 4 amide bonds. The van der Waals surface area contributed by atoms with Crippen LogP contribution in [0, 0.1) is 0 Å². The van der Waals surface area contributed by atoms with E-state index in [1.807, 2.05) is 18.2 Å². The van der Waals surface area contributed by atoms with Crippen molar-refractivity contribution < 1.29 is 39.0 Å². The molecule has 3 rings (SSSR count). The number of H-pyrrole nitrogens is 1. The van der Waals surface area contributed by atoms with Gasteiger partial charge in [-0.3, -0.25) is 24.0 Å². The van der Waals surface area contributed by atoms with E-state index in [0.29, 0.717) is 11.1 Å². The van der Waals surface area contributed by atoms with Crippen LogP contribution in [0.2, 0.25) is 0 Å². The summed E-state index contributed by atoms with van der Waals surface area (Å²) in [6.07, 6.45) is 0.189. The second-order valence-corrected chi connectivity index (χ2v) is 9.65. The zero-order chi connectivity index (χ0) is 30.8. The molecule has 42 heavy (non-hydrogen) atoms. The van der Waals surface area contributed by atoms with Crippen molar-refractivity contribution in [3.05, 3.63) is 71.9 Å². The second-order valence-electron chi connectivity index (χ2n) is 9.65. The van der Waals surface area contributed by atoms with Gasteiger partial charge < -0.3 is 42.6 Å². The average Bonchev–Trinajstić information content (AvgIpc) is 3.34. The number of aliphatic carboxylic acids is 2. The van der Waals surface area contributed by atoms with Crippen LogP contribution in [0.5, 0.6) is 0 Å². The lowest BCUT2D eigenvalue weighted by atomic mass is 10.0. The molecule has 0 aliphatic heterocycles. The van der Waals surface area contributed by atoms with Crippen LogP contribution in [0.15, 0.2) is 60.8 Å². The number of nitrogens with two attached hydrogens (primary N) is 2. The van der Waals surface area contributed by atoms with Gasteiger partial charge in [-0.15, -0.1) is 0 Å². The van der Waals surface area contributed by atoms with Crippen LogP contribution in [0.25, 0.3) is 10.9 Å². The molecule has 10 N–H and O–H groups in total. The number of rotatable bonds is 15. The third-order valence-electron chi connectivity index (χ3n) is 6.40. The molecule has 4 atom stereocenters. The lowest BCUT2D eigenvalue weighted by Crippen LogP contribution is -2.58. The maximum absolute atomic E-state index is 13.6. The van der Waals surface area contributed by atoms with Gasteiger partial charge in [-0.25, -0.2) is 4.79 Å². The summed E-state index contributed by atoms with van der Waals surface area (Å²) < 4.78 is 0. The molecular weight excluding hydrogens is 548 g/mol. The highest BCUT2D eigenvalue weighted by Gasteiger charge is 2.32. The number of aromatic nitrogens is 1. The number of carbonyl (C=O) groups excluding carboxylic acids is 4. The van der Waals surface area contributed by atoms with E-state index in [9.17, 15) is 33.9 Å². The number of hydrogen-bond donors (Lipinski definition) is 8. The van der Waals surface area contributed by atoms with E-state index >= 15 is 0 Å². The van der Waals surface area contributed by atoms with E-state index in [4.69, 9.17) is 16.6 Å². The summed E-state index contributed by atoms with van der Waals surface area (Å²) in [4.78, 5) is 76.7. The van der Waals surface area contributed by atoms with Gasteiger partial charge in [-0.05, 0) is 17.2 Å². The van der Waals surface area contributed by atoms with E-state index in [1.165, 1.54) is 0 Å². The number of fused-ring (bicyclic) bond motifs is 1. The predicted octanol–water partition coefficient (Wildman–Crippen LogP) is -0.830. The van der Waals surface area contributed by atoms with E-state index in [-0.39, 0.29) is 12.8 Å². The molecule has 2 aromatic carbocycles. The average molecular weight is 581 g/mol. The van der Waals surface area contributed by atoms with Crippen molar-refractivity contribution in [3.63, 3.8) is 0 Å². The number of benzene rings is 2. The molecule has 1 heterocycles. The zero-order valence-electron chi connectivity index (χ0n) is 22.4. The van der Waals surface area contributed by atoms with Gasteiger partial charge in [0.25, 0.3) is 0 Å². The molecular formula is C28H32N6O8. The van der Waals surface area contributed by atoms with Gasteiger partial charge in [-0.1, -0.05) is 48.5 Å². The number of para-hydroxylation sites is 1. The Morgan fingerprint density at radius 2 is 1.31 bits per heavy atom. The predicted molar refractivity (Wildman–Crippen MR) is 150 cm³/mol. The standard InChI is InChI=1S/C28H32N6O8/c29-18(12-24(36)37)25(38)32-21(11-16-14-31-19-9-5-4-8-17(16)19)27(40)33-20(10-15-6-2-1-3-7-15)26(39)34-22(28(41)42)13-23(30)35/h1-9,14,18,20-22,31H,10-13,29H2,(H2,30,35)(H,32,38)(H,33,40)(H,34,39)(H,36,37)(H,41,42). The first kappa shape index (κ1) is 31.3. The molecule has 0 aliphatic rings. The first-order valence-electron chi connectivity index (χ1n) is 12.9. The van der Waals surface area contributed by atoms with Crippen molar-refractivity contribution in [2.24, 2.45) is 11.5 Å². The van der Waals surface area contributed by atoms with Crippen molar-refractivity contribution in [1.29, 1.82) is 0 Å². The first-order valence-corrected chi connectivity index (χ1v) is 12.9. The van der Waals surface area contributed by atoms with Crippen LogP contribution in [0.1, 0.15) is 24.0 Å². The van der Waals surface area contributed by atoms with Crippen LogP contribution >= 0.6 is 0 Å². The van der Waals surface area contributed by atoms with Gasteiger partial charge in [-0.2, -0.15) is 0 Å². The number of aromatic amines is 1.